The largest absolute Gasteiger partial charge is 0.363 e. The Bertz CT molecular complexity index is 892. The van der Waals surface area contributed by atoms with E-state index in [1.165, 1.54) is 11.3 Å². The fourth-order valence-corrected chi connectivity index (χ4v) is 4.82. The second kappa shape index (κ2) is 11.9. The number of rotatable bonds is 7. The first kappa shape index (κ1) is 24.9. The van der Waals surface area contributed by atoms with Gasteiger partial charge < -0.3 is 15.5 Å². The summed E-state index contributed by atoms with van der Waals surface area (Å²) in [5, 5.41) is 10.4. The van der Waals surface area contributed by atoms with Gasteiger partial charge >= 0.3 is 0 Å². The third kappa shape index (κ3) is 7.42. The van der Waals surface area contributed by atoms with Crippen LogP contribution < -0.4 is 15.5 Å². The van der Waals surface area contributed by atoms with Crippen LogP contribution in [0.4, 0.5) is 5.00 Å². The minimum absolute atomic E-state index is 0. The van der Waals surface area contributed by atoms with Crippen LogP contribution in [-0.4, -0.2) is 52.9 Å². The van der Waals surface area contributed by atoms with Crippen molar-refractivity contribution in [2.45, 2.75) is 37.1 Å². The van der Waals surface area contributed by atoms with Crippen molar-refractivity contribution < 1.29 is 8.42 Å². The first-order valence-corrected chi connectivity index (χ1v) is 12.8. The van der Waals surface area contributed by atoms with Gasteiger partial charge in [0.2, 0.25) is 0 Å². The number of guanidine groups is 1. The van der Waals surface area contributed by atoms with Crippen LogP contribution in [0.5, 0.6) is 0 Å². The zero-order valence-electron chi connectivity index (χ0n) is 17.5. The van der Waals surface area contributed by atoms with Gasteiger partial charge in [-0.2, -0.15) is 0 Å². The highest BCUT2D eigenvalue weighted by atomic mass is 127. The number of hydrogen-bond donors (Lipinski definition) is 2. The Morgan fingerprint density at radius 2 is 1.90 bits per heavy atom. The second-order valence-corrected chi connectivity index (χ2v) is 10.2. The smallest absolute Gasteiger partial charge is 0.191 e. The quantitative estimate of drug-likeness (QED) is 0.307. The number of nitrogens with one attached hydrogen (secondary N) is 2. The lowest BCUT2D eigenvalue weighted by atomic mass is 10.1. The number of hydrogen-bond acceptors (Lipinski definition) is 5. The van der Waals surface area contributed by atoms with Crippen LogP contribution in [0.2, 0.25) is 0 Å². The lowest BCUT2D eigenvalue weighted by Crippen LogP contribution is -2.48. The molecule has 166 valence electrons. The predicted octanol–water partition coefficient (Wildman–Crippen LogP) is 3.54. The topological polar surface area (TPSA) is 73.8 Å². The number of aliphatic imine (C=N–C) groups is 1. The zero-order chi connectivity index (χ0) is 20.7. The number of sulfone groups is 1. The van der Waals surface area contributed by atoms with Gasteiger partial charge in [0.1, 0.15) is 0 Å². The minimum Gasteiger partial charge on any atom is -0.363 e. The fraction of sp³-hybridized carbons (Fsp3) is 0.476. The molecule has 1 aromatic heterocycles. The molecule has 0 spiro atoms. The number of thiophene rings is 1. The summed E-state index contributed by atoms with van der Waals surface area (Å²) in [5.41, 5.74) is 1.08. The monoisotopic (exact) mass is 562 g/mol. The van der Waals surface area contributed by atoms with E-state index in [0.717, 1.165) is 50.4 Å². The van der Waals surface area contributed by atoms with E-state index in [0.29, 0.717) is 17.5 Å². The van der Waals surface area contributed by atoms with Gasteiger partial charge in [-0.15, -0.1) is 35.3 Å². The first-order valence-electron chi connectivity index (χ1n) is 10.1. The summed E-state index contributed by atoms with van der Waals surface area (Å²) in [5.74, 6) is 0.856. The van der Waals surface area contributed by atoms with E-state index in [2.05, 4.69) is 40.0 Å². The molecule has 1 fully saturated rings. The molecule has 0 atom stereocenters. The van der Waals surface area contributed by atoms with Crippen molar-refractivity contribution in [3.8, 4) is 0 Å². The average Bonchev–Trinajstić information content (AvgIpc) is 3.23. The van der Waals surface area contributed by atoms with Gasteiger partial charge in [0.25, 0.3) is 0 Å². The van der Waals surface area contributed by atoms with E-state index in [1.807, 2.05) is 12.1 Å². The molecule has 0 amide bonds. The van der Waals surface area contributed by atoms with Crippen LogP contribution in [0.15, 0.2) is 51.7 Å². The van der Waals surface area contributed by atoms with E-state index in [4.69, 9.17) is 4.99 Å². The van der Waals surface area contributed by atoms with Crippen LogP contribution in [-0.2, 0) is 16.3 Å². The van der Waals surface area contributed by atoms with Crippen molar-refractivity contribution in [2.75, 3.05) is 37.3 Å². The third-order valence-electron chi connectivity index (χ3n) is 5.02. The predicted molar refractivity (Wildman–Crippen MR) is 137 cm³/mol. The lowest BCUT2D eigenvalue weighted by Gasteiger charge is -2.33. The van der Waals surface area contributed by atoms with E-state index in [-0.39, 0.29) is 24.0 Å². The molecule has 2 N–H and O–H groups in total. The summed E-state index contributed by atoms with van der Waals surface area (Å²) < 4.78 is 23.1. The van der Waals surface area contributed by atoms with Gasteiger partial charge in [-0.05, 0) is 61.4 Å². The van der Waals surface area contributed by atoms with Gasteiger partial charge in [-0.3, -0.25) is 4.99 Å². The summed E-state index contributed by atoms with van der Waals surface area (Å²) >= 11 is 1.80. The summed E-state index contributed by atoms with van der Waals surface area (Å²) in [4.78, 5) is 7.51. The Hall–Kier alpha value is -1.33. The van der Waals surface area contributed by atoms with Gasteiger partial charge in [0.05, 0.1) is 9.90 Å². The average molecular weight is 563 g/mol. The highest BCUT2D eigenvalue weighted by Crippen LogP contribution is 2.24. The standard InChI is InChI=1S/C21H30N4O2S2.HI/c1-3-22-21(23-13-10-17-6-8-19(9-7-17)29(2,26)27)24-18-11-14-25(15-12-18)20-5-4-16-28-20;/h4-9,16,18H,3,10-15H2,1-2H3,(H2,22,23,24);1H. The molecule has 1 aliphatic heterocycles. The highest BCUT2D eigenvalue weighted by Gasteiger charge is 2.20. The molecule has 0 radical (unpaired) electrons. The summed E-state index contributed by atoms with van der Waals surface area (Å²) in [6.45, 7) is 5.67. The van der Waals surface area contributed by atoms with Crippen molar-refractivity contribution in [1.82, 2.24) is 10.6 Å². The van der Waals surface area contributed by atoms with E-state index < -0.39 is 9.84 Å². The molecule has 6 nitrogen and oxygen atoms in total. The van der Waals surface area contributed by atoms with Gasteiger partial charge in [0.15, 0.2) is 15.8 Å². The number of piperidine rings is 1. The molecule has 1 aromatic carbocycles. The maximum atomic E-state index is 11.6. The third-order valence-corrected chi connectivity index (χ3v) is 7.08. The second-order valence-electron chi connectivity index (χ2n) is 7.28. The van der Waals surface area contributed by atoms with E-state index in [9.17, 15) is 8.42 Å². The molecular weight excluding hydrogens is 531 g/mol. The van der Waals surface area contributed by atoms with Crippen LogP contribution in [0.25, 0.3) is 0 Å². The molecule has 0 unspecified atom stereocenters. The molecule has 30 heavy (non-hydrogen) atoms. The molecule has 0 aliphatic carbocycles. The normalized spacial score (nSPS) is 15.5. The first-order chi connectivity index (χ1) is 14.0. The highest BCUT2D eigenvalue weighted by molar-refractivity contribution is 14.0. The number of anilines is 1. The molecule has 1 aliphatic rings. The fourth-order valence-electron chi connectivity index (χ4n) is 3.41. The van der Waals surface area contributed by atoms with Crippen LogP contribution in [0.3, 0.4) is 0 Å². The Labute approximate surface area is 201 Å². The molecule has 0 bridgehead atoms. The van der Waals surface area contributed by atoms with Crippen LogP contribution >= 0.6 is 35.3 Å². The molecule has 2 heterocycles. The SMILES string of the molecule is CCNC(=NCCc1ccc(S(C)(=O)=O)cc1)NC1CCN(c2cccs2)CC1.I. The number of benzene rings is 1. The lowest BCUT2D eigenvalue weighted by molar-refractivity contribution is 0.463. The Morgan fingerprint density at radius 3 is 2.47 bits per heavy atom. The molecule has 0 saturated carbocycles. The van der Waals surface area contributed by atoms with Crippen molar-refractivity contribution in [2.24, 2.45) is 4.99 Å². The van der Waals surface area contributed by atoms with Gasteiger partial charge in [-0.25, -0.2) is 8.42 Å². The minimum atomic E-state index is -3.15. The van der Waals surface area contributed by atoms with Crippen molar-refractivity contribution >= 4 is 56.1 Å². The molecule has 3 rings (SSSR count). The van der Waals surface area contributed by atoms with Crippen molar-refractivity contribution in [3.63, 3.8) is 0 Å². The Morgan fingerprint density at radius 1 is 1.20 bits per heavy atom. The summed E-state index contributed by atoms with van der Waals surface area (Å²) in [7, 11) is -3.15. The maximum absolute atomic E-state index is 11.6. The van der Waals surface area contributed by atoms with Gasteiger partial charge in [-0.1, -0.05) is 12.1 Å². The summed E-state index contributed by atoms with van der Waals surface area (Å²) in [6, 6.07) is 11.8. The van der Waals surface area contributed by atoms with Crippen LogP contribution in [0, 0.1) is 0 Å². The van der Waals surface area contributed by atoms with Crippen molar-refractivity contribution in [3.05, 3.63) is 47.3 Å². The zero-order valence-corrected chi connectivity index (χ0v) is 21.5. The van der Waals surface area contributed by atoms with E-state index >= 15 is 0 Å². The molecule has 1 saturated heterocycles. The molecular formula is C21H31IN4O2S2. The van der Waals surface area contributed by atoms with Crippen molar-refractivity contribution in [1.29, 1.82) is 0 Å². The van der Waals surface area contributed by atoms with E-state index in [1.54, 1.807) is 23.5 Å². The maximum Gasteiger partial charge on any atom is 0.191 e. The number of nitrogens with zero attached hydrogens (tertiary/aromatic N) is 2. The molecule has 9 heteroatoms. The Balaban J connectivity index is 0.00000320. The summed E-state index contributed by atoms with van der Waals surface area (Å²) in [6.07, 6.45) is 4.19. The molecule has 2 aromatic rings. The Kier molecular flexibility index (Phi) is 9.89. The van der Waals surface area contributed by atoms with Gasteiger partial charge in [0, 0.05) is 38.5 Å². The number of halogens is 1. The van der Waals surface area contributed by atoms with Crippen LogP contribution in [0.1, 0.15) is 25.3 Å².